The highest BCUT2D eigenvalue weighted by Crippen LogP contribution is 2.18. The lowest BCUT2D eigenvalue weighted by Crippen LogP contribution is -2.40. The molecular weight excluding hydrogens is 240 g/mol. The van der Waals surface area contributed by atoms with Crippen molar-refractivity contribution in [2.75, 3.05) is 26.2 Å². The van der Waals surface area contributed by atoms with E-state index in [-0.39, 0.29) is 11.9 Å². The summed E-state index contributed by atoms with van der Waals surface area (Å²) in [5, 5.41) is 0. The molecule has 0 N–H and O–H groups in total. The first-order chi connectivity index (χ1) is 9.29. The lowest BCUT2D eigenvalue weighted by atomic mass is 9.98. The van der Waals surface area contributed by atoms with Gasteiger partial charge in [-0.15, -0.1) is 0 Å². The average molecular weight is 262 g/mol. The van der Waals surface area contributed by atoms with Crippen molar-refractivity contribution in [1.82, 2.24) is 9.88 Å². The molecule has 1 aromatic heterocycles. The summed E-state index contributed by atoms with van der Waals surface area (Å²) >= 11 is 0. The number of likely N-dealkylation sites (tertiary alicyclic amines) is 1. The zero-order chi connectivity index (χ0) is 13.5. The van der Waals surface area contributed by atoms with Crippen molar-refractivity contribution < 1.29 is 9.53 Å². The van der Waals surface area contributed by atoms with Crippen molar-refractivity contribution >= 4 is 5.97 Å². The minimum atomic E-state index is -0.0314. The number of pyridine rings is 1. The van der Waals surface area contributed by atoms with E-state index in [2.05, 4.69) is 9.88 Å². The van der Waals surface area contributed by atoms with Crippen LogP contribution in [0.4, 0.5) is 0 Å². The molecule has 0 aromatic carbocycles. The Morgan fingerprint density at radius 2 is 2.26 bits per heavy atom. The van der Waals surface area contributed by atoms with Crippen molar-refractivity contribution in [1.29, 1.82) is 0 Å². The second kappa shape index (κ2) is 7.24. The smallest absolute Gasteiger partial charge is 0.310 e. The largest absolute Gasteiger partial charge is 0.466 e. The normalized spacial score (nSPS) is 20.2. The Morgan fingerprint density at radius 1 is 1.47 bits per heavy atom. The van der Waals surface area contributed by atoms with E-state index in [9.17, 15) is 4.79 Å². The zero-order valence-electron chi connectivity index (χ0n) is 11.5. The van der Waals surface area contributed by atoms with Crippen LogP contribution in [0.3, 0.4) is 0 Å². The van der Waals surface area contributed by atoms with E-state index in [1.165, 1.54) is 5.56 Å². The number of ether oxygens (including phenoxy) is 1. The Labute approximate surface area is 114 Å². The molecule has 19 heavy (non-hydrogen) atoms. The SMILES string of the molecule is CCOC(=O)[C@H]1CCCN(CCc2ccncc2)C1. The highest BCUT2D eigenvalue weighted by atomic mass is 16.5. The predicted molar refractivity (Wildman–Crippen MR) is 73.7 cm³/mol. The third kappa shape index (κ3) is 4.31. The fourth-order valence-electron chi connectivity index (χ4n) is 2.55. The monoisotopic (exact) mass is 262 g/mol. The van der Waals surface area contributed by atoms with Gasteiger partial charge >= 0.3 is 5.97 Å². The topological polar surface area (TPSA) is 42.4 Å². The number of hydrogen-bond donors (Lipinski definition) is 0. The number of rotatable bonds is 5. The maximum Gasteiger partial charge on any atom is 0.310 e. The fraction of sp³-hybridized carbons (Fsp3) is 0.600. The highest BCUT2D eigenvalue weighted by Gasteiger charge is 2.26. The molecule has 0 unspecified atom stereocenters. The fourth-order valence-corrected chi connectivity index (χ4v) is 2.55. The number of piperidine rings is 1. The van der Waals surface area contributed by atoms with Gasteiger partial charge in [0.2, 0.25) is 0 Å². The van der Waals surface area contributed by atoms with E-state index in [1.54, 1.807) is 0 Å². The van der Waals surface area contributed by atoms with E-state index >= 15 is 0 Å². The molecule has 0 amide bonds. The number of aromatic nitrogens is 1. The molecule has 1 fully saturated rings. The Balaban J connectivity index is 1.79. The minimum absolute atomic E-state index is 0.0314. The third-order valence-corrected chi connectivity index (χ3v) is 3.59. The average Bonchev–Trinajstić information content (AvgIpc) is 2.47. The summed E-state index contributed by atoms with van der Waals surface area (Å²) in [6.45, 7) is 5.26. The van der Waals surface area contributed by atoms with Gasteiger partial charge in [0.15, 0.2) is 0 Å². The van der Waals surface area contributed by atoms with E-state index in [0.717, 1.165) is 38.9 Å². The molecular formula is C15H22N2O2. The summed E-state index contributed by atoms with van der Waals surface area (Å²) in [5.74, 6) is 0.0299. The van der Waals surface area contributed by atoms with Crippen LogP contribution in [0.5, 0.6) is 0 Å². The summed E-state index contributed by atoms with van der Waals surface area (Å²) < 4.78 is 5.12. The number of esters is 1. The molecule has 1 aliphatic heterocycles. The molecule has 0 bridgehead atoms. The Bertz CT molecular complexity index is 394. The highest BCUT2D eigenvalue weighted by molar-refractivity contribution is 5.72. The predicted octanol–water partition coefficient (Wildman–Crippen LogP) is 1.90. The van der Waals surface area contributed by atoms with Gasteiger partial charge in [-0.05, 0) is 50.4 Å². The van der Waals surface area contributed by atoms with Crippen molar-refractivity contribution in [2.45, 2.75) is 26.2 Å². The first-order valence-electron chi connectivity index (χ1n) is 7.07. The molecule has 2 heterocycles. The lowest BCUT2D eigenvalue weighted by molar-refractivity contribution is -0.149. The van der Waals surface area contributed by atoms with Crippen LogP contribution >= 0.6 is 0 Å². The van der Waals surface area contributed by atoms with E-state index < -0.39 is 0 Å². The number of carbonyl (C=O) groups excluding carboxylic acids is 1. The third-order valence-electron chi connectivity index (χ3n) is 3.59. The van der Waals surface area contributed by atoms with Crippen molar-refractivity contribution in [3.8, 4) is 0 Å². The molecule has 4 nitrogen and oxygen atoms in total. The molecule has 104 valence electrons. The van der Waals surface area contributed by atoms with Gasteiger partial charge in [0.05, 0.1) is 12.5 Å². The van der Waals surface area contributed by atoms with Gasteiger partial charge in [-0.1, -0.05) is 0 Å². The molecule has 0 saturated carbocycles. The van der Waals surface area contributed by atoms with Gasteiger partial charge in [-0.2, -0.15) is 0 Å². The van der Waals surface area contributed by atoms with Crippen molar-refractivity contribution in [3.63, 3.8) is 0 Å². The molecule has 1 saturated heterocycles. The summed E-state index contributed by atoms with van der Waals surface area (Å²) in [7, 11) is 0. The second-order valence-electron chi connectivity index (χ2n) is 5.00. The molecule has 1 atom stereocenters. The molecule has 0 radical (unpaired) electrons. The van der Waals surface area contributed by atoms with Crippen LogP contribution in [0.25, 0.3) is 0 Å². The second-order valence-corrected chi connectivity index (χ2v) is 5.00. The van der Waals surface area contributed by atoms with Crippen LogP contribution < -0.4 is 0 Å². The van der Waals surface area contributed by atoms with Gasteiger partial charge in [-0.3, -0.25) is 9.78 Å². The first-order valence-corrected chi connectivity index (χ1v) is 7.07. The molecule has 1 aromatic rings. The standard InChI is InChI=1S/C15H22N2O2/c1-2-19-15(18)14-4-3-10-17(12-14)11-7-13-5-8-16-9-6-13/h5-6,8-9,14H,2-4,7,10-12H2,1H3/t14-/m0/s1. The van der Waals surface area contributed by atoms with Crippen LogP contribution in [0.1, 0.15) is 25.3 Å². The Hall–Kier alpha value is -1.42. The number of carbonyl (C=O) groups is 1. The summed E-state index contributed by atoms with van der Waals surface area (Å²) in [4.78, 5) is 18.1. The van der Waals surface area contributed by atoms with Gasteiger partial charge in [0.1, 0.15) is 0 Å². The van der Waals surface area contributed by atoms with Crippen molar-refractivity contribution in [2.24, 2.45) is 5.92 Å². The molecule has 0 spiro atoms. The van der Waals surface area contributed by atoms with E-state index in [4.69, 9.17) is 4.74 Å². The van der Waals surface area contributed by atoms with Gasteiger partial charge in [0.25, 0.3) is 0 Å². The van der Waals surface area contributed by atoms with Crippen LogP contribution in [0, 0.1) is 5.92 Å². The minimum Gasteiger partial charge on any atom is -0.466 e. The van der Waals surface area contributed by atoms with E-state index in [1.807, 2.05) is 31.5 Å². The van der Waals surface area contributed by atoms with Crippen molar-refractivity contribution in [3.05, 3.63) is 30.1 Å². The maximum atomic E-state index is 11.8. The Kier molecular flexibility index (Phi) is 5.33. The number of nitrogens with zero attached hydrogens (tertiary/aromatic N) is 2. The molecule has 0 aliphatic carbocycles. The lowest BCUT2D eigenvalue weighted by Gasteiger charge is -2.31. The summed E-state index contributed by atoms with van der Waals surface area (Å²) in [6.07, 6.45) is 6.71. The zero-order valence-corrected chi connectivity index (χ0v) is 11.5. The number of hydrogen-bond acceptors (Lipinski definition) is 4. The maximum absolute atomic E-state index is 11.8. The van der Waals surface area contributed by atoms with Crippen LogP contribution in [-0.2, 0) is 16.0 Å². The summed E-state index contributed by atoms with van der Waals surface area (Å²) in [6, 6.07) is 4.10. The van der Waals surface area contributed by atoms with Gasteiger partial charge in [-0.25, -0.2) is 0 Å². The molecule has 1 aliphatic rings. The van der Waals surface area contributed by atoms with E-state index in [0.29, 0.717) is 6.61 Å². The summed E-state index contributed by atoms with van der Waals surface area (Å²) in [5.41, 5.74) is 1.30. The quantitative estimate of drug-likeness (QED) is 0.760. The van der Waals surface area contributed by atoms with Crippen LogP contribution in [0.15, 0.2) is 24.5 Å². The first kappa shape index (κ1) is 14.0. The van der Waals surface area contributed by atoms with Gasteiger partial charge in [0, 0.05) is 25.5 Å². The van der Waals surface area contributed by atoms with Gasteiger partial charge < -0.3 is 9.64 Å². The molecule has 2 rings (SSSR count). The molecule has 4 heteroatoms. The van der Waals surface area contributed by atoms with Crippen LogP contribution in [0.2, 0.25) is 0 Å². The Morgan fingerprint density at radius 3 is 3.00 bits per heavy atom. The van der Waals surface area contributed by atoms with Crippen LogP contribution in [-0.4, -0.2) is 42.1 Å².